The molecule has 0 aliphatic heterocycles. The lowest BCUT2D eigenvalue weighted by atomic mass is 10.4. The van der Waals surface area contributed by atoms with Crippen LogP contribution in [0.5, 0.6) is 0 Å². The molecule has 1 unspecified atom stereocenters. The van der Waals surface area contributed by atoms with E-state index in [0.29, 0.717) is 6.54 Å². The van der Waals surface area contributed by atoms with E-state index >= 15 is 0 Å². The number of hydrogen-bond acceptors (Lipinski definition) is 6. The number of carbonyl (C=O) groups is 1. The van der Waals surface area contributed by atoms with E-state index in [4.69, 9.17) is 0 Å². The maximum atomic E-state index is 11.6. The van der Waals surface area contributed by atoms with Crippen LogP contribution in [0.3, 0.4) is 0 Å². The highest BCUT2D eigenvalue weighted by molar-refractivity contribution is 8.03. The van der Waals surface area contributed by atoms with Crippen LogP contribution in [0.25, 0.3) is 0 Å². The topological polar surface area (TPSA) is 54.9 Å². The number of nitrogens with one attached hydrogen (secondary N) is 1. The van der Waals surface area contributed by atoms with Crippen molar-refractivity contribution >= 4 is 40.8 Å². The van der Waals surface area contributed by atoms with Crippen molar-refractivity contribution in [3.63, 3.8) is 0 Å². The number of hydrogen-bond donors (Lipinski definition) is 1. The first-order chi connectivity index (χ1) is 7.67. The predicted molar refractivity (Wildman–Crippen MR) is 70.2 cm³/mol. The molecule has 0 aromatic carbocycles. The van der Waals surface area contributed by atoms with E-state index in [9.17, 15) is 4.79 Å². The van der Waals surface area contributed by atoms with Gasteiger partial charge in [-0.3, -0.25) is 4.79 Å². The number of nitrogens with zero attached hydrogens (tertiary/aromatic N) is 2. The number of amides is 1. The van der Waals surface area contributed by atoms with Crippen LogP contribution in [0.4, 0.5) is 0 Å². The molecule has 0 fully saturated rings. The molecule has 88 valence electrons. The summed E-state index contributed by atoms with van der Waals surface area (Å²) in [5, 5.41) is 10.6. The summed E-state index contributed by atoms with van der Waals surface area (Å²) in [6, 6.07) is 0. The summed E-state index contributed by atoms with van der Waals surface area (Å²) in [6.45, 7) is 5.89. The molecule has 1 rings (SSSR count). The molecule has 1 aromatic rings. The Morgan fingerprint density at radius 1 is 1.62 bits per heavy atom. The van der Waals surface area contributed by atoms with Crippen LogP contribution in [-0.4, -0.2) is 34.2 Å². The fourth-order valence-electron chi connectivity index (χ4n) is 0.849. The van der Waals surface area contributed by atoms with Crippen molar-refractivity contribution < 1.29 is 4.79 Å². The highest BCUT2D eigenvalue weighted by Crippen LogP contribution is 2.29. The molecule has 0 saturated heterocycles. The minimum atomic E-state index is -0.164. The molecule has 0 aliphatic carbocycles. The zero-order chi connectivity index (χ0) is 12.0. The van der Waals surface area contributed by atoms with Gasteiger partial charge >= 0.3 is 0 Å². The molecule has 0 spiro atoms. The monoisotopic (exact) mass is 275 g/mol. The van der Waals surface area contributed by atoms with E-state index < -0.39 is 0 Å². The van der Waals surface area contributed by atoms with Gasteiger partial charge in [0.1, 0.15) is 0 Å². The van der Waals surface area contributed by atoms with Crippen molar-refractivity contribution in [3.8, 4) is 0 Å². The summed E-state index contributed by atoms with van der Waals surface area (Å²) in [7, 11) is 0. The van der Waals surface area contributed by atoms with Gasteiger partial charge in [-0.05, 0) is 13.2 Å². The molecule has 0 aliphatic rings. The van der Waals surface area contributed by atoms with Crippen LogP contribution in [0.1, 0.15) is 6.92 Å². The second-order valence-electron chi connectivity index (χ2n) is 2.83. The van der Waals surface area contributed by atoms with Gasteiger partial charge in [-0.2, -0.15) is 0 Å². The Hall–Kier alpha value is -0.530. The lowest BCUT2D eigenvalue weighted by Crippen LogP contribution is -2.30. The Morgan fingerprint density at radius 3 is 2.88 bits per heavy atom. The molecule has 4 nitrogen and oxygen atoms in total. The summed E-state index contributed by atoms with van der Waals surface area (Å²) >= 11 is 4.49. The van der Waals surface area contributed by atoms with Gasteiger partial charge in [0.2, 0.25) is 5.91 Å². The summed E-state index contributed by atoms with van der Waals surface area (Å²) in [5.41, 5.74) is 0. The van der Waals surface area contributed by atoms with Gasteiger partial charge in [0, 0.05) is 6.54 Å². The van der Waals surface area contributed by atoms with Gasteiger partial charge in [-0.15, -0.1) is 16.8 Å². The van der Waals surface area contributed by atoms with Gasteiger partial charge < -0.3 is 5.32 Å². The van der Waals surface area contributed by atoms with Crippen molar-refractivity contribution in [2.24, 2.45) is 0 Å². The first-order valence-corrected chi connectivity index (χ1v) is 7.52. The second kappa shape index (κ2) is 6.93. The molecule has 1 N–H and O–H groups in total. The third-order valence-electron chi connectivity index (χ3n) is 1.63. The van der Waals surface area contributed by atoms with E-state index in [1.165, 1.54) is 23.1 Å². The van der Waals surface area contributed by atoms with Crippen molar-refractivity contribution in [2.75, 3.05) is 12.8 Å². The highest BCUT2D eigenvalue weighted by Gasteiger charge is 2.16. The standard InChI is InChI=1S/C9H13N3OS3/c1-4-5-10-7(13)6(2)15-9-12-11-8(14-3)16-9/h4,6H,1,5H2,2-3H3,(H,10,13). The third kappa shape index (κ3) is 4.15. The van der Waals surface area contributed by atoms with E-state index in [-0.39, 0.29) is 11.2 Å². The molecular formula is C9H13N3OS3. The zero-order valence-corrected chi connectivity index (χ0v) is 11.5. The minimum Gasteiger partial charge on any atom is -0.352 e. The molecule has 0 radical (unpaired) electrons. The number of rotatable bonds is 6. The van der Waals surface area contributed by atoms with Gasteiger partial charge in [-0.25, -0.2) is 0 Å². The molecule has 1 aromatic heterocycles. The summed E-state index contributed by atoms with van der Waals surface area (Å²) < 4.78 is 1.74. The van der Waals surface area contributed by atoms with Crippen LogP contribution < -0.4 is 5.32 Å². The van der Waals surface area contributed by atoms with Crippen LogP contribution in [-0.2, 0) is 4.79 Å². The van der Waals surface area contributed by atoms with E-state index in [0.717, 1.165) is 8.68 Å². The van der Waals surface area contributed by atoms with Crippen molar-refractivity contribution in [1.29, 1.82) is 0 Å². The quantitative estimate of drug-likeness (QED) is 0.636. The predicted octanol–water partition coefficient (Wildman–Crippen LogP) is 2.04. The van der Waals surface area contributed by atoms with E-state index in [1.54, 1.807) is 17.8 Å². The molecule has 16 heavy (non-hydrogen) atoms. The number of thioether (sulfide) groups is 2. The number of aromatic nitrogens is 2. The maximum Gasteiger partial charge on any atom is 0.233 e. The molecule has 1 amide bonds. The lowest BCUT2D eigenvalue weighted by molar-refractivity contribution is -0.120. The fourth-order valence-corrected chi connectivity index (χ4v) is 3.46. The van der Waals surface area contributed by atoms with Crippen molar-refractivity contribution in [1.82, 2.24) is 15.5 Å². The SMILES string of the molecule is C=CCNC(=O)C(C)Sc1nnc(SC)s1. The minimum absolute atomic E-state index is 0.00852. The second-order valence-corrected chi connectivity index (χ2v) is 6.45. The molecule has 0 saturated carbocycles. The zero-order valence-electron chi connectivity index (χ0n) is 9.10. The average molecular weight is 275 g/mol. The Bertz CT molecular complexity index is 367. The van der Waals surface area contributed by atoms with Gasteiger partial charge in [0.15, 0.2) is 8.68 Å². The van der Waals surface area contributed by atoms with Crippen LogP contribution in [0.2, 0.25) is 0 Å². The first kappa shape index (κ1) is 13.5. The fraction of sp³-hybridized carbons (Fsp3) is 0.444. The van der Waals surface area contributed by atoms with E-state index in [2.05, 4.69) is 22.1 Å². The summed E-state index contributed by atoms with van der Waals surface area (Å²) in [4.78, 5) is 11.6. The van der Waals surface area contributed by atoms with Gasteiger partial charge in [0.25, 0.3) is 0 Å². The maximum absolute atomic E-state index is 11.6. The van der Waals surface area contributed by atoms with Crippen LogP contribution >= 0.6 is 34.9 Å². The third-order valence-corrected chi connectivity index (χ3v) is 4.71. The van der Waals surface area contributed by atoms with Crippen molar-refractivity contribution in [3.05, 3.63) is 12.7 Å². The smallest absolute Gasteiger partial charge is 0.233 e. The molecule has 7 heteroatoms. The van der Waals surface area contributed by atoms with Gasteiger partial charge in [-0.1, -0.05) is 40.9 Å². The summed E-state index contributed by atoms with van der Waals surface area (Å²) in [5.74, 6) is -0.00852. The molecule has 1 atom stereocenters. The first-order valence-electron chi connectivity index (χ1n) is 4.60. The largest absolute Gasteiger partial charge is 0.352 e. The van der Waals surface area contributed by atoms with Crippen LogP contribution in [0, 0.1) is 0 Å². The Balaban J connectivity index is 2.46. The van der Waals surface area contributed by atoms with Crippen molar-refractivity contribution in [2.45, 2.75) is 20.9 Å². The van der Waals surface area contributed by atoms with Gasteiger partial charge in [0.05, 0.1) is 5.25 Å². The lowest BCUT2D eigenvalue weighted by Gasteiger charge is -2.07. The molecule has 1 heterocycles. The molecular weight excluding hydrogens is 262 g/mol. The normalized spacial score (nSPS) is 12.1. The highest BCUT2D eigenvalue weighted by atomic mass is 32.2. The average Bonchev–Trinajstić information content (AvgIpc) is 2.73. The Labute approximate surface area is 107 Å². The Morgan fingerprint density at radius 2 is 2.31 bits per heavy atom. The van der Waals surface area contributed by atoms with E-state index in [1.807, 2.05) is 13.2 Å². The van der Waals surface area contributed by atoms with Crippen LogP contribution in [0.15, 0.2) is 21.3 Å². The molecule has 0 bridgehead atoms. The Kier molecular flexibility index (Phi) is 5.86. The number of carbonyl (C=O) groups excluding carboxylic acids is 1. The summed E-state index contributed by atoms with van der Waals surface area (Å²) in [6.07, 6.45) is 3.61.